The number of unbranched alkanes of at least 4 members (excludes halogenated alkanes) is 1. The van der Waals surface area contributed by atoms with Gasteiger partial charge in [0.25, 0.3) is 0 Å². The number of allylic oxidation sites excluding steroid dienone is 1. The van der Waals surface area contributed by atoms with Crippen molar-refractivity contribution in [3.8, 4) is 0 Å². The van der Waals surface area contributed by atoms with Crippen molar-refractivity contribution >= 4 is 22.0 Å². The summed E-state index contributed by atoms with van der Waals surface area (Å²) in [7, 11) is 0. The maximum Gasteiger partial charge on any atom is 0.0281 e. The molecule has 0 fully saturated rings. The van der Waals surface area contributed by atoms with Crippen molar-refractivity contribution in [3.63, 3.8) is 0 Å². The third-order valence-electron chi connectivity index (χ3n) is 4.29. The van der Waals surface area contributed by atoms with E-state index in [4.69, 9.17) is 0 Å². The Kier molecular flexibility index (Phi) is 4.30. The molecule has 0 amide bonds. The Morgan fingerprint density at radius 1 is 1.10 bits per heavy atom. The van der Waals surface area contributed by atoms with Crippen molar-refractivity contribution in [2.75, 3.05) is 0 Å². The SMILES string of the molecule is CCCCc1ccccc1C1C=Cc2c(Br)cc(C)cc21. The Morgan fingerprint density at radius 2 is 1.90 bits per heavy atom. The van der Waals surface area contributed by atoms with Crippen LogP contribution in [0.3, 0.4) is 0 Å². The largest absolute Gasteiger partial charge is 0.0720 e. The molecule has 0 N–H and O–H groups in total. The molecule has 0 spiro atoms. The third kappa shape index (κ3) is 2.85. The van der Waals surface area contributed by atoms with E-state index in [1.165, 1.54) is 51.6 Å². The molecular weight excluding hydrogens is 320 g/mol. The third-order valence-corrected chi connectivity index (χ3v) is 4.94. The highest BCUT2D eigenvalue weighted by Crippen LogP contribution is 2.40. The zero-order valence-electron chi connectivity index (χ0n) is 12.7. The first-order chi connectivity index (χ1) is 10.2. The monoisotopic (exact) mass is 340 g/mol. The molecule has 0 heterocycles. The molecule has 108 valence electrons. The molecular formula is C20H21Br. The summed E-state index contributed by atoms with van der Waals surface area (Å²) in [5.74, 6) is 0.407. The Bertz CT molecular complexity index is 682. The van der Waals surface area contributed by atoms with Crippen molar-refractivity contribution in [1.82, 2.24) is 0 Å². The number of aryl methyl sites for hydroxylation is 2. The van der Waals surface area contributed by atoms with Crippen LogP contribution >= 0.6 is 15.9 Å². The molecule has 2 aromatic carbocycles. The molecule has 21 heavy (non-hydrogen) atoms. The van der Waals surface area contributed by atoms with E-state index in [9.17, 15) is 0 Å². The highest BCUT2D eigenvalue weighted by Gasteiger charge is 2.22. The topological polar surface area (TPSA) is 0 Å². The van der Waals surface area contributed by atoms with Gasteiger partial charge in [-0.15, -0.1) is 0 Å². The van der Waals surface area contributed by atoms with Gasteiger partial charge < -0.3 is 0 Å². The minimum atomic E-state index is 0.407. The predicted molar refractivity (Wildman–Crippen MR) is 94.8 cm³/mol. The zero-order valence-corrected chi connectivity index (χ0v) is 14.3. The maximum atomic E-state index is 3.71. The predicted octanol–water partition coefficient (Wildman–Crippen LogP) is 6.26. The van der Waals surface area contributed by atoms with E-state index in [1.54, 1.807) is 0 Å². The summed E-state index contributed by atoms with van der Waals surface area (Å²) in [6.07, 6.45) is 8.30. The molecule has 1 aliphatic rings. The van der Waals surface area contributed by atoms with E-state index in [0.717, 1.165) is 0 Å². The van der Waals surface area contributed by atoms with Gasteiger partial charge in [-0.2, -0.15) is 0 Å². The first kappa shape index (κ1) is 14.6. The smallest absolute Gasteiger partial charge is 0.0281 e. The lowest BCUT2D eigenvalue weighted by atomic mass is 9.87. The molecule has 1 unspecified atom stereocenters. The normalized spacial score (nSPS) is 16.2. The van der Waals surface area contributed by atoms with Gasteiger partial charge in [-0.3, -0.25) is 0 Å². The molecule has 1 heteroatoms. The Balaban J connectivity index is 2.04. The van der Waals surface area contributed by atoms with Gasteiger partial charge in [-0.25, -0.2) is 0 Å². The number of benzene rings is 2. The van der Waals surface area contributed by atoms with Gasteiger partial charge in [0.2, 0.25) is 0 Å². The van der Waals surface area contributed by atoms with Crippen LogP contribution in [-0.2, 0) is 6.42 Å². The molecule has 0 aromatic heterocycles. The fourth-order valence-electron chi connectivity index (χ4n) is 3.21. The molecule has 3 rings (SSSR count). The lowest BCUT2D eigenvalue weighted by Crippen LogP contribution is -2.02. The van der Waals surface area contributed by atoms with Crippen LogP contribution in [0.5, 0.6) is 0 Å². The van der Waals surface area contributed by atoms with Crippen LogP contribution < -0.4 is 0 Å². The van der Waals surface area contributed by atoms with E-state index < -0.39 is 0 Å². The quantitative estimate of drug-likeness (QED) is 0.616. The van der Waals surface area contributed by atoms with E-state index in [1.807, 2.05) is 0 Å². The van der Waals surface area contributed by atoms with Crippen LogP contribution in [0.2, 0.25) is 0 Å². The summed E-state index contributed by atoms with van der Waals surface area (Å²) in [4.78, 5) is 0. The second kappa shape index (κ2) is 6.19. The van der Waals surface area contributed by atoms with E-state index >= 15 is 0 Å². The Labute approximate surface area is 136 Å². The summed E-state index contributed by atoms with van der Waals surface area (Å²) in [6.45, 7) is 4.43. The average Bonchev–Trinajstić information content (AvgIpc) is 2.89. The highest BCUT2D eigenvalue weighted by molar-refractivity contribution is 9.10. The summed E-state index contributed by atoms with van der Waals surface area (Å²) in [6, 6.07) is 13.5. The molecule has 0 nitrogen and oxygen atoms in total. The van der Waals surface area contributed by atoms with Crippen molar-refractivity contribution in [2.24, 2.45) is 0 Å². The van der Waals surface area contributed by atoms with Crippen LogP contribution in [0.4, 0.5) is 0 Å². The second-order valence-corrected chi connectivity index (χ2v) is 6.74. The van der Waals surface area contributed by atoms with Crippen molar-refractivity contribution in [2.45, 2.75) is 39.0 Å². The first-order valence-corrected chi connectivity index (χ1v) is 8.56. The summed E-state index contributed by atoms with van der Waals surface area (Å²) >= 11 is 3.71. The van der Waals surface area contributed by atoms with Crippen molar-refractivity contribution < 1.29 is 0 Å². The average molecular weight is 341 g/mol. The fourth-order valence-corrected chi connectivity index (χ4v) is 3.94. The number of hydrogen-bond acceptors (Lipinski definition) is 0. The van der Waals surface area contributed by atoms with Gasteiger partial charge in [-0.1, -0.05) is 71.8 Å². The van der Waals surface area contributed by atoms with Gasteiger partial charge in [0.05, 0.1) is 0 Å². The number of hydrogen-bond donors (Lipinski definition) is 0. The minimum Gasteiger partial charge on any atom is -0.0720 e. The second-order valence-electron chi connectivity index (χ2n) is 5.89. The van der Waals surface area contributed by atoms with Crippen LogP contribution in [0.25, 0.3) is 6.08 Å². The highest BCUT2D eigenvalue weighted by atomic mass is 79.9. The van der Waals surface area contributed by atoms with Gasteiger partial charge in [0, 0.05) is 10.4 Å². The van der Waals surface area contributed by atoms with Crippen molar-refractivity contribution in [1.29, 1.82) is 0 Å². The fraction of sp³-hybridized carbons (Fsp3) is 0.300. The number of rotatable bonds is 4. The number of fused-ring (bicyclic) bond motifs is 1. The van der Waals surface area contributed by atoms with Crippen LogP contribution in [0.1, 0.15) is 53.5 Å². The van der Waals surface area contributed by atoms with Gasteiger partial charge in [0.15, 0.2) is 0 Å². The molecule has 2 aromatic rings. The molecule has 0 aliphatic heterocycles. The maximum absolute atomic E-state index is 3.71. The standard InChI is InChI=1S/C20H21Br/c1-3-4-7-15-8-5-6-9-16(15)17-10-11-18-19(17)12-14(2)13-20(18)21/h5-6,8-13,17H,3-4,7H2,1-2H3. The molecule has 1 atom stereocenters. The van der Waals surface area contributed by atoms with Gasteiger partial charge in [0.1, 0.15) is 0 Å². The Morgan fingerprint density at radius 3 is 2.71 bits per heavy atom. The molecule has 0 bridgehead atoms. The molecule has 0 saturated heterocycles. The van der Waals surface area contributed by atoms with Crippen LogP contribution in [0.15, 0.2) is 46.9 Å². The number of halogens is 1. The molecule has 1 aliphatic carbocycles. The van der Waals surface area contributed by atoms with Crippen molar-refractivity contribution in [3.05, 3.63) is 74.8 Å². The van der Waals surface area contributed by atoms with E-state index in [2.05, 4.69) is 78.3 Å². The van der Waals surface area contributed by atoms with Gasteiger partial charge in [-0.05, 0) is 53.6 Å². The summed E-state index contributed by atoms with van der Waals surface area (Å²) in [5, 5.41) is 0. The lowest BCUT2D eigenvalue weighted by Gasteiger charge is -2.17. The molecule has 0 radical (unpaired) electrons. The lowest BCUT2D eigenvalue weighted by molar-refractivity contribution is 0.784. The molecule has 0 saturated carbocycles. The Hall–Kier alpha value is -1.34. The minimum absolute atomic E-state index is 0.407. The summed E-state index contributed by atoms with van der Waals surface area (Å²) < 4.78 is 1.21. The van der Waals surface area contributed by atoms with Gasteiger partial charge >= 0.3 is 0 Å². The summed E-state index contributed by atoms with van der Waals surface area (Å²) in [5.41, 5.74) is 7.07. The van der Waals surface area contributed by atoms with Crippen LogP contribution in [0, 0.1) is 6.92 Å². The first-order valence-electron chi connectivity index (χ1n) is 7.76. The van der Waals surface area contributed by atoms with E-state index in [-0.39, 0.29) is 0 Å². The van der Waals surface area contributed by atoms with Crippen LogP contribution in [-0.4, -0.2) is 0 Å². The zero-order chi connectivity index (χ0) is 14.8. The van der Waals surface area contributed by atoms with E-state index in [0.29, 0.717) is 5.92 Å².